The molecule has 0 bridgehead atoms. The van der Waals surface area contributed by atoms with E-state index in [0.717, 1.165) is 4.80 Å². The Morgan fingerprint density at radius 1 is 1.21 bits per heavy atom. The van der Waals surface area contributed by atoms with Crippen molar-refractivity contribution >= 4 is 23.5 Å². The van der Waals surface area contributed by atoms with E-state index in [0.29, 0.717) is 5.69 Å². The van der Waals surface area contributed by atoms with Gasteiger partial charge in [0.1, 0.15) is 0 Å². The van der Waals surface area contributed by atoms with Gasteiger partial charge in [0.25, 0.3) is 0 Å². The number of aromatic nitrogens is 3. The topological polar surface area (TPSA) is 109 Å². The van der Waals surface area contributed by atoms with Crippen molar-refractivity contribution in [2.45, 2.75) is 6.54 Å². The summed E-state index contributed by atoms with van der Waals surface area (Å²) in [6, 6.07) is 8.41. The van der Waals surface area contributed by atoms with Crippen molar-refractivity contribution in [3.8, 4) is 0 Å². The van der Waals surface area contributed by atoms with E-state index in [1.54, 1.807) is 24.3 Å². The zero-order valence-electron chi connectivity index (χ0n) is 9.78. The molecule has 0 aliphatic carbocycles. The fraction of sp³-hybridized carbons (Fsp3) is 0.0909. The second kappa shape index (κ2) is 5.63. The first-order valence-electron chi connectivity index (χ1n) is 5.38. The van der Waals surface area contributed by atoms with Crippen LogP contribution in [0.2, 0.25) is 0 Å². The fourth-order valence-corrected chi connectivity index (χ4v) is 1.35. The molecular formula is C11H11N5O3. The molecule has 0 atom stereocenters. The number of para-hydroxylation sites is 1. The molecule has 0 aliphatic rings. The van der Waals surface area contributed by atoms with E-state index in [4.69, 9.17) is 5.11 Å². The first kappa shape index (κ1) is 12.6. The van der Waals surface area contributed by atoms with Crippen LogP contribution in [0, 0.1) is 0 Å². The van der Waals surface area contributed by atoms with Gasteiger partial charge in [-0.25, -0.2) is 4.79 Å². The third-order valence-electron chi connectivity index (χ3n) is 2.09. The monoisotopic (exact) mass is 261 g/mol. The smallest absolute Gasteiger partial charge is 0.327 e. The Hall–Kier alpha value is -2.90. The predicted molar refractivity (Wildman–Crippen MR) is 66.7 cm³/mol. The normalized spacial score (nSPS) is 9.89. The summed E-state index contributed by atoms with van der Waals surface area (Å²) in [5.74, 6) is -0.884. The summed E-state index contributed by atoms with van der Waals surface area (Å²) in [5, 5.41) is 21.1. The van der Waals surface area contributed by atoms with E-state index < -0.39 is 12.0 Å². The number of nitrogens with zero attached hydrogens (tertiary/aromatic N) is 3. The molecule has 1 aromatic heterocycles. The van der Waals surface area contributed by atoms with Gasteiger partial charge in [-0.2, -0.15) is 9.90 Å². The van der Waals surface area contributed by atoms with Crippen LogP contribution >= 0.6 is 0 Å². The molecule has 0 aliphatic heterocycles. The number of hydrogen-bond donors (Lipinski definition) is 3. The van der Waals surface area contributed by atoms with Crippen LogP contribution in [0.3, 0.4) is 0 Å². The summed E-state index contributed by atoms with van der Waals surface area (Å²) in [6.45, 7) is -0.359. The van der Waals surface area contributed by atoms with Crippen molar-refractivity contribution < 1.29 is 14.7 Å². The highest BCUT2D eigenvalue weighted by Crippen LogP contribution is 2.06. The molecule has 0 unspecified atom stereocenters. The lowest BCUT2D eigenvalue weighted by molar-refractivity contribution is -0.138. The minimum atomic E-state index is -1.06. The Morgan fingerprint density at radius 2 is 1.95 bits per heavy atom. The van der Waals surface area contributed by atoms with Gasteiger partial charge in [-0.3, -0.25) is 10.1 Å². The van der Waals surface area contributed by atoms with Crippen LogP contribution in [0.1, 0.15) is 0 Å². The molecular weight excluding hydrogens is 250 g/mol. The average Bonchev–Trinajstić information content (AvgIpc) is 2.76. The number of carbonyl (C=O) groups is 2. The molecule has 19 heavy (non-hydrogen) atoms. The average molecular weight is 261 g/mol. The Morgan fingerprint density at radius 3 is 2.63 bits per heavy atom. The molecule has 0 fully saturated rings. The molecule has 98 valence electrons. The molecule has 0 spiro atoms. The predicted octanol–water partition coefficient (Wildman–Crippen LogP) is 1.01. The lowest BCUT2D eigenvalue weighted by Gasteiger charge is -2.04. The number of hydrogen-bond acceptors (Lipinski definition) is 4. The van der Waals surface area contributed by atoms with Crippen molar-refractivity contribution in [1.82, 2.24) is 15.0 Å². The molecule has 1 aromatic carbocycles. The van der Waals surface area contributed by atoms with Gasteiger partial charge < -0.3 is 10.4 Å². The maximum atomic E-state index is 11.6. The molecule has 0 radical (unpaired) electrons. The van der Waals surface area contributed by atoms with Crippen LogP contribution in [0.4, 0.5) is 16.3 Å². The number of amides is 2. The lowest BCUT2D eigenvalue weighted by Crippen LogP contribution is -2.20. The summed E-state index contributed by atoms with van der Waals surface area (Å²) in [7, 11) is 0. The second-order valence-electron chi connectivity index (χ2n) is 3.60. The van der Waals surface area contributed by atoms with E-state index in [2.05, 4.69) is 20.8 Å². The molecule has 8 nitrogen and oxygen atoms in total. The van der Waals surface area contributed by atoms with Crippen molar-refractivity contribution in [3.05, 3.63) is 36.5 Å². The van der Waals surface area contributed by atoms with Crippen molar-refractivity contribution in [2.24, 2.45) is 0 Å². The summed E-state index contributed by atoms with van der Waals surface area (Å²) in [5.41, 5.74) is 0.637. The van der Waals surface area contributed by atoms with Crippen molar-refractivity contribution in [2.75, 3.05) is 10.6 Å². The van der Waals surface area contributed by atoms with Crippen LogP contribution in [-0.2, 0) is 11.3 Å². The number of aliphatic carboxylic acids is 1. The van der Waals surface area contributed by atoms with Gasteiger partial charge in [0, 0.05) is 5.69 Å². The van der Waals surface area contributed by atoms with Gasteiger partial charge in [-0.05, 0) is 12.1 Å². The van der Waals surface area contributed by atoms with Gasteiger partial charge >= 0.3 is 12.0 Å². The summed E-state index contributed by atoms with van der Waals surface area (Å²) in [6.07, 6.45) is 1.27. The van der Waals surface area contributed by atoms with E-state index in [9.17, 15) is 9.59 Å². The molecule has 3 N–H and O–H groups in total. The van der Waals surface area contributed by atoms with Crippen molar-refractivity contribution in [3.63, 3.8) is 0 Å². The molecule has 0 saturated heterocycles. The molecule has 8 heteroatoms. The van der Waals surface area contributed by atoms with Gasteiger partial charge in [0.2, 0.25) is 0 Å². The number of carboxylic acid groups (broad SMARTS) is 1. The SMILES string of the molecule is O=C(O)Cn1ncc(NC(=O)Nc2ccccc2)n1. The minimum Gasteiger partial charge on any atom is -0.480 e. The quantitative estimate of drug-likeness (QED) is 0.760. The highest BCUT2D eigenvalue weighted by molar-refractivity contribution is 5.98. The first-order valence-corrected chi connectivity index (χ1v) is 5.38. The van der Waals surface area contributed by atoms with Crippen LogP contribution < -0.4 is 10.6 Å². The van der Waals surface area contributed by atoms with E-state index in [-0.39, 0.29) is 12.4 Å². The standard InChI is InChI=1S/C11H11N5O3/c17-10(18)7-16-12-6-9(15-16)14-11(19)13-8-4-2-1-3-5-8/h1-6H,7H2,(H,17,18)(H2,13,14,15,19). The number of urea groups is 1. The number of carbonyl (C=O) groups excluding carboxylic acids is 1. The number of carboxylic acids is 1. The van der Waals surface area contributed by atoms with E-state index in [1.165, 1.54) is 6.20 Å². The van der Waals surface area contributed by atoms with Crippen LogP contribution in [-0.4, -0.2) is 32.1 Å². The third kappa shape index (κ3) is 3.80. The van der Waals surface area contributed by atoms with Crippen LogP contribution in [0.25, 0.3) is 0 Å². The first-order chi connectivity index (χ1) is 9.13. The molecule has 2 rings (SSSR count). The van der Waals surface area contributed by atoms with Crippen LogP contribution in [0.5, 0.6) is 0 Å². The number of anilines is 2. The minimum absolute atomic E-state index is 0.176. The highest BCUT2D eigenvalue weighted by Gasteiger charge is 2.07. The Labute approximate surface area is 108 Å². The molecule has 0 saturated carbocycles. The summed E-state index contributed by atoms with van der Waals surface area (Å²) in [4.78, 5) is 23.0. The maximum Gasteiger partial charge on any atom is 0.327 e. The molecule has 1 heterocycles. The zero-order valence-corrected chi connectivity index (χ0v) is 9.78. The Kier molecular flexibility index (Phi) is 3.72. The van der Waals surface area contributed by atoms with Gasteiger partial charge in [-0.1, -0.05) is 18.2 Å². The van der Waals surface area contributed by atoms with E-state index >= 15 is 0 Å². The van der Waals surface area contributed by atoms with Crippen LogP contribution in [0.15, 0.2) is 36.5 Å². The Balaban J connectivity index is 1.92. The third-order valence-corrected chi connectivity index (χ3v) is 2.09. The zero-order chi connectivity index (χ0) is 13.7. The van der Waals surface area contributed by atoms with Gasteiger partial charge in [0.05, 0.1) is 6.20 Å². The molecule has 2 amide bonds. The van der Waals surface area contributed by atoms with Crippen molar-refractivity contribution in [1.29, 1.82) is 0 Å². The van der Waals surface area contributed by atoms with Gasteiger partial charge in [-0.15, -0.1) is 5.10 Å². The molecule has 2 aromatic rings. The number of nitrogens with one attached hydrogen (secondary N) is 2. The number of rotatable bonds is 4. The second-order valence-corrected chi connectivity index (χ2v) is 3.60. The summed E-state index contributed by atoms with van der Waals surface area (Å²) >= 11 is 0. The van der Waals surface area contributed by atoms with Gasteiger partial charge in [0.15, 0.2) is 12.4 Å². The number of benzene rings is 1. The Bertz CT molecular complexity index is 581. The highest BCUT2D eigenvalue weighted by atomic mass is 16.4. The fourth-order valence-electron chi connectivity index (χ4n) is 1.35. The van der Waals surface area contributed by atoms with E-state index in [1.807, 2.05) is 6.07 Å². The lowest BCUT2D eigenvalue weighted by atomic mass is 10.3. The largest absolute Gasteiger partial charge is 0.480 e. The maximum absolute atomic E-state index is 11.6. The summed E-state index contributed by atoms with van der Waals surface area (Å²) < 4.78 is 0.